The fraction of sp³-hybridized carbons (Fsp3) is 0.643. The zero-order chi connectivity index (χ0) is 16.8. The van der Waals surface area contributed by atoms with Crippen LogP contribution in [0.2, 0.25) is 0 Å². The lowest BCUT2D eigenvalue weighted by Crippen LogP contribution is -2.45. The molecule has 0 rings (SSSR count). The van der Waals surface area contributed by atoms with E-state index >= 15 is 0 Å². The quantitative estimate of drug-likeness (QED) is 0.365. The van der Waals surface area contributed by atoms with Crippen LogP contribution in [0.15, 0.2) is 11.6 Å². The summed E-state index contributed by atoms with van der Waals surface area (Å²) in [6, 6.07) is 0. The predicted molar refractivity (Wildman–Crippen MR) is 73.0 cm³/mol. The molecule has 7 nitrogen and oxygen atoms in total. The average molecular weight is 301 g/mol. The van der Waals surface area contributed by atoms with Crippen LogP contribution in [-0.2, 0) is 19.1 Å². The maximum absolute atomic E-state index is 11.8. The first-order valence-corrected chi connectivity index (χ1v) is 6.58. The summed E-state index contributed by atoms with van der Waals surface area (Å²) in [7, 11) is 5.47. The van der Waals surface area contributed by atoms with E-state index in [2.05, 4.69) is 0 Å². The van der Waals surface area contributed by atoms with Gasteiger partial charge in [-0.25, -0.2) is 9.59 Å². The maximum atomic E-state index is 11.8. The molecule has 7 heteroatoms. The van der Waals surface area contributed by atoms with Crippen LogP contribution in [0, 0.1) is 5.92 Å². The Morgan fingerprint density at radius 1 is 1.24 bits per heavy atom. The van der Waals surface area contributed by atoms with E-state index in [1.807, 2.05) is 21.1 Å². The summed E-state index contributed by atoms with van der Waals surface area (Å²) in [5, 5.41) is 19.7. The molecule has 0 aromatic carbocycles. The van der Waals surface area contributed by atoms with E-state index in [4.69, 9.17) is 9.84 Å². The molecular formula is C14H23NO6. The van der Waals surface area contributed by atoms with Crippen LogP contribution in [0.3, 0.4) is 0 Å². The lowest BCUT2D eigenvalue weighted by molar-refractivity contribution is -0.873. The molecule has 0 spiro atoms. The van der Waals surface area contributed by atoms with Gasteiger partial charge in [0.1, 0.15) is 6.54 Å². The topological polar surface area (TPSA) is 104 Å². The molecule has 21 heavy (non-hydrogen) atoms. The lowest BCUT2D eigenvalue weighted by Gasteiger charge is -2.29. The minimum atomic E-state index is -1.33. The smallest absolute Gasteiger partial charge is 0.332 e. The van der Waals surface area contributed by atoms with E-state index in [-0.39, 0.29) is 18.0 Å². The number of carbonyl (C=O) groups excluding carboxylic acids is 2. The first-order valence-electron chi connectivity index (χ1n) is 6.58. The van der Waals surface area contributed by atoms with Crippen LogP contribution >= 0.6 is 0 Å². The van der Waals surface area contributed by atoms with Gasteiger partial charge in [-0.15, -0.1) is 0 Å². The molecule has 0 fully saturated rings. The molecule has 0 radical (unpaired) electrons. The van der Waals surface area contributed by atoms with Gasteiger partial charge in [-0.3, -0.25) is 0 Å². The maximum Gasteiger partial charge on any atom is 0.332 e. The van der Waals surface area contributed by atoms with E-state index < -0.39 is 30.4 Å². The molecule has 1 N–H and O–H groups in total. The van der Waals surface area contributed by atoms with E-state index in [1.165, 1.54) is 0 Å². The highest BCUT2D eigenvalue weighted by Crippen LogP contribution is 2.11. The van der Waals surface area contributed by atoms with Crippen molar-refractivity contribution in [3.63, 3.8) is 0 Å². The Hall–Kier alpha value is -1.89. The van der Waals surface area contributed by atoms with Crippen LogP contribution in [0.4, 0.5) is 0 Å². The Morgan fingerprint density at radius 2 is 1.76 bits per heavy atom. The molecule has 1 unspecified atom stereocenters. The van der Waals surface area contributed by atoms with Crippen LogP contribution in [0.25, 0.3) is 0 Å². The van der Waals surface area contributed by atoms with Crippen LogP contribution in [0.5, 0.6) is 0 Å². The standard InChI is InChI=1S/C14H23NO6/c1-9(2)11(14(19)20)7-13(18)21-10(6-12(16)17)8-15(3,4)5/h7,9-10H,6,8H2,1-5H3,(H-,16,17,19,20)/b11-7+. The summed E-state index contributed by atoms with van der Waals surface area (Å²) in [6.45, 7) is 3.55. The molecule has 0 saturated carbocycles. The first kappa shape index (κ1) is 19.1. The summed E-state index contributed by atoms with van der Waals surface area (Å²) < 4.78 is 5.45. The molecular weight excluding hydrogens is 278 g/mol. The molecule has 120 valence electrons. The second-order valence-corrected chi connectivity index (χ2v) is 6.17. The van der Waals surface area contributed by atoms with Crippen LogP contribution < -0.4 is 5.11 Å². The Balaban J connectivity index is 4.99. The molecule has 1 atom stereocenters. The van der Waals surface area contributed by atoms with Crippen molar-refractivity contribution in [2.45, 2.75) is 26.4 Å². The molecule has 0 aromatic rings. The highest BCUT2D eigenvalue weighted by atomic mass is 16.5. The number of hydrogen-bond acceptors (Lipinski definition) is 5. The summed E-state index contributed by atoms with van der Waals surface area (Å²) >= 11 is 0. The Labute approximate surface area is 124 Å². The minimum absolute atomic E-state index is 0.0857. The number of aliphatic carboxylic acids is 2. The number of likely N-dealkylation sites (N-methyl/N-ethyl adjacent to an activating group) is 1. The SMILES string of the molecule is CC(C)/C(=C\C(=O)OC(CC(=O)[O-])C[N+](C)(C)C)C(=O)O. The van der Waals surface area contributed by atoms with Crippen molar-refractivity contribution < 1.29 is 33.8 Å². The third kappa shape index (κ3) is 8.80. The third-order valence-corrected chi connectivity index (χ3v) is 2.57. The summed E-state index contributed by atoms with van der Waals surface area (Å²) in [5.74, 6) is -3.74. The monoisotopic (exact) mass is 301 g/mol. The number of nitrogens with zero attached hydrogens (tertiary/aromatic N) is 1. The second kappa shape index (κ2) is 7.78. The van der Waals surface area contributed by atoms with Crippen molar-refractivity contribution >= 4 is 17.9 Å². The lowest BCUT2D eigenvalue weighted by atomic mass is 10.0. The Kier molecular flexibility index (Phi) is 7.08. The number of quaternary nitrogens is 1. The molecule has 0 aliphatic heterocycles. The van der Waals surface area contributed by atoms with Crippen molar-refractivity contribution in [2.75, 3.05) is 27.7 Å². The highest BCUT2D eigenvalue weighted by molar-refractivity contribution is 5.95. The van der Waals surface area contributed by atoms with Gasteiger partial charge in [-0.1, -0.05) is 13.8 Å². The van der Waals surface area contributed by atoms with Gasteiger partial charge in [0.15, 0.2) is 6.10 Å². The molecule has 0 amide bonds. The van der Waals surface area contributed by atoms with Gasteiger partial charge >= 0.3 is 11.9 Å². The van der Waals surface area contributed by atoms with Gasteiger partial charge in [-0.05, 0) is 5.92 Å². The highest BCUT2D eigenvalue weighted by Gasteiger charge is 2.23. The van der Waals surface area contributed by atoms with Gasteiger partial charge in [-0.2, -0.15) is 0 Å². The van der Waals surface area contributed by atoms with Gasteiger partial charge in [0, 0.05) is 24.0 Å². The number of ether oxygens (including phenoxy) is 1. The van der Waals surface area contributed by atoms with Crippen molar-refractivity contribution in [3.05, 3.63) is 11.6 Å². The zero-order valence-corrected chi connectivity index (χ0v) is 13.1. The molecule has 0 saturated heterocycles. The van der Waals surface area contributed by atoms with Crippen molar-refractivity contribution in [3.8, 4) is 0 Å². The zero-order valence-electron chi connectivity index (χ0n) is 13.1. The molecule has 0 aliphatic carbocycles. The van der Waals surface area contributed by atoms with Gasteiger partial charge in [0.05, 0.1) is 21.1 Å². The number of carbonyl (C=O) groups is 3. The van der Waals surface area contributed by atoms with Crippen LogP contribution in [-0.4, -0.2) is 61.3 Å². The van der Waals surface area contributed by atoms with Gasteiger partial charge in [0.2, 0.25) is 0 Å². The van der Waals surface area contributed by atoms with E-state index in [9.17, 15) is 19.5 Å². The van der Waals surface area contributed by atoms with Gasteiger partial charge < -0.3 is 24.2 Å². The fourth-order valence-corrected chi connectivity index (χ4v) is 1.74. The minimum Gasteiger partial charge on any atom is -0.550 e. The summed E-state index contributed by atoms with van der Waals surface area (Å²) in [6.07, 6.45) is -0.412. The normalized spacial score (nSPS) is 13.9. The van der Waals surface area contributed by atoms with E-state index in [0.29, 0.717) is 4.48 Å². The number of esters is 1. The third-order valence-electron chi connectivity index (χ3n) is 2.57. The summed E-state index contributed by atoms with van der Waals surface area (Å²) in [4.78, 5) is 33.4. The Morgan fingerprint density at radius 3 is 2.10 bits per heavy atom. The number of rotatable bonds is 8. The van der Waals surface area contributed by atoms with Crippen molar-refractivity contribution in [1.82, 2.24) is 0 Å². The average Bonchev–Trinajstić information content (AvgIpc) is 2.21. The van der Waals surface area contributed by atoms with Crippen molar-refractivity contribution in [1.29, 1.82) is 0 Å². The van der Waals surface area contributed by atoms with Gasteiger partial charge in [0.25, 0.3) is 0 Å². The summed E-state index contributed by atoms with van der Waals surface area (Å²) in [5.41, 5.74) is -0.0857. The van der Waals surface area contributed by atoms with E-state index in [1.54, 1.807) is 13.8 Å². The number of carboxylic acids is 2. The molecule has 0 aromatic heterocycles. The number of hydrogen-bond donors (Lipinski definition) is 1. The first-order chi connectivity index (χ1) is 9.42. The Bertz CT molecular complexity index is 433. The fourth-order valence-electron chi connectivity index (χ4n) is 1.74. The largest absolute Gasteiger partial charge is 0.550 e. The molecule has 0 bridgehead atoms. The molecule has 0 heterocycles. The molecule has 0 aliphatic rings. The van der Waals surface area contributed by atoms with E-state index in [0.717, 1.165) is 6.08 Å². The van der Waals surface area contributed by atoms with Crippen molar-refractivity contribution in [2.24, 2.45) is 5.92 Å². The predicted octanol–water partition coefficient (Wildman–Crippen LogP) is -0.589. The second-order valence-electron chi connectivity index (χ2n) is 6.17. The number of carboxylic acid groups (broad SMARTS) is 2. The van der Waals surface area contributed by atoms with Crippen LogP contribution in [0.1, 0.15) is 20.3 Å².